The van der Waals surface area contributed by atoms with Gasteiger partial charge in [0.15, 0.2) is 0 Å². The van der Waals surface area contributed by atoms with Crippen LogP contribution in [0.2, 0.25) is 0 Å². The van der Waals surface area contributed by atoms with Crippen LogP contribution in [0.1, 0.15) is 29.9 Å². The van der Waals surface area contributed by atoms with Crippen molar-refractivity contribution in [3.05, 3.63) is 72.3 Å². The molecule has 0 fully saturated rings. The predicted molar refractivity (Wildman–Crippen MR) is 77.5 cm³/mol. The van der Waals surface area contributed by atoms with Crippen molar-refractivity contribution in [2.45, 2.75) is 18.8 Å². The zero-order valence-electron chi connectivity index (χ0n) is 10.8. The lowest BCUT2D eigenvalue weighted by Crippen LogP contribution is -2.00. The van der Waals surface area contributed by atoms with Crippen LogP contribution >= 0.6 is 0 Å². The Hall–Kier alpha value is -2.22. The van der Waals surface area contributed by atoms with Crippen LogP contribution in [0.15, 0.2) is 61.2 Å². The molecule has 0 spiro atoms. The molecule has 98 valence electrons. The van der Waals surface area contributed by atoms with Gasteiger partial charge in [-0.25, -0.2) is 0 Å². The molecule has 0 bridgehead atoms. The van der Waals surface area contributed by atoms with E-state index >= 15 is 0 Å². The molecular formula is C17H18O2. The van der Waals surface area contributed by atoms with Crippen molar-refractivity contribution >= 4 is 0 Å². The van der Waals surface area contributed by atoms with E-state index in [4.69, 9.17) is 0 Å². The first-order valence-electron chi connectivity index (χ1n) is 6.39. The maximum atomic E-state index is 9.37. The van der Waals surface area contributed by atoms with Crippen molar-refractivity contribution in [3.8, 4) is 11.5 Å². The molecular weight excluding hydrogens is 236 g/mol. The van der Waals surface area contributed by atoms with E-state index in [0.29, 0.717) is 0 Å². The lowest BCUT2D eigenvalue weighted by Gasteiger charge is -2.17. The summed E-state index contributed by atoms with van der Waals surface area (Å²) in [5, 5.41) is 18.7. The number of benzene rings is 2. The normalized spacial score (nSPS) is 10.6. The molecule has 0 aromatic heterocycles. The standard InChI is InChI=1S/C17H18O2/c1-2-3-4-17(13-5-9-15(18)10-6-13)14-7-11-16(19)12-8-14/h2,5-12,17-19H,1,3-4H2. The molecule has 0 heterocycles. The zero-order chi connectivity index (χ0) is 13.7. The third-order valence-corrected chi connectivity index (χ3v) is 3.25. The van der Waals surface area contributed by atoms with Crippen LogP contribution in [0.25, 0.3) is 0 Å². The number of aromatic hydroxyl groups is 2. The maximum Gasteiger partial charge on any atom is 0.115 e. The Morgan fingerprint density at radius 3 is 1.63 bits per heavy atom. The monoisotopic (exact) mass is 254 g/mol. The van der Waals surface area contributed by atoms with Crippen molar-refractivity contribution in [1.82, 2.24) is 0 Å². The molecule has 2 aromatic carbocycles. The van der Waals surface area contributed by atoms with Gasteiger partial charge >= 0.3 is 0 Å². The second-order valence-electron chi connectivity index (χ2n) is 4.60. The molecule has 2 aromatic rings. The first-order chi connectivity index (χ1) is 9.20. The van der Waals surface area contributed by atoms with Crippen molar-refractivity contribution in [2.24, 2.45) is 0 Å². The molecule has 19 heavy (non-hydrogen) atoms. The summed E-state index contributed by atoms with van der Waals surface area (Å²) in [4.78, 5) is 0. The van der Waals surface area contributed by atoms with Crippen molar-refractivity contribution in [2.75, 3.05) is 0 Å². The Balaban J connectivity index is 2.31. The Bertz CT molecular complexity index is 481. The SMILES string of the molecule is C=CCCC(c1ccc(O)cc1)c1ccc(O)cc1. The summed E-state index contributed by atoms with van der Waals surface area (Å²) in [5.74, 6) is 0.799. The summed E-state index contributed by atoms with van der Waals surface area (Å²) in [6.45, 7) is 3.77. The molecule has 0 saturated carbocycles. The van der Waals surface area contributed by atoms with Crippen LogP contribution in [0, 0.1) is 0 Å². The maximum absolute atomic E-state index is 9.37. The van der Waals surface area contributed by atoms with Crippen LogP contribution in [-0.2, 0) is 0 Å². The Kier molecular flexibility index (Phi) is 4.24. The molecule has 0 aliphatic carbocycles. The largest absolute Gasteiger partial charge is 0.508 e. The van der Waals surface area contributed by atoms with Crippen molar-refractivity contribution < 1.29 is 10.2 Å². The smallest absolute Gasteiger partial charge is 0.115 e. The van der Waals surface area contributed by atoms with E-state index in [2.05, 4.69) is 6.58 Å². The summed E-state index contributed by atoms with van der Waals surface area (Å²) in [6.07, 6.45) is 3.79. The zero-order valence-corrected chi connectivity index (χ0v) is 10.8. The van der Waals surface area contributed by atoms with Crippen LogP contribution in [0.4, 0.5) is 0 Å². The number of phenolic OH excluding ortho intramolecular Hbond substituents is 2. The molecule has 0 unspecified atom stereocenters. The molecule has 0 aliphatic rings. The lowest BCUT2D eigenvalue weighted by molar-refractivity contribution is 0.475. The second kappa shape index (κ2) is 6.10. The summed E-state index contributed by atoms with van der Waals surface area (Å²) in [6, 6.07) is 14.6. The first-order valence-corrected chi connectivity index (χ1v) is 6.39. The number of phenols is 2. The number of hydrogen-bond donors (Lipinski definition) is 2. The van der Waals surface area contributed by atoms with Gasteiger partial charge < -0.3 is 10.2 Å². The second-order valence-corrected chi connectivity index (χ2v) is 4.60. The Labute approximate surface area is 113 Å². The summed E-state index contributed by atoms with van der Waals surface area (Å²) >= 11 is 0. The molecule has 2 nitrogen and oxygen atoms in total. The Morgan fingerprint density at radius 1 is 0.842 bits per heavy atom. The highest BCUT2D eigenvalue weighted by molar-refractivity contribution is 5.37. The van der Waals surface area contributed by atoms with Crippen LogP contribution in [0.3, 0.4) is 0 Å². The topological polar surface area (TPSA) is 40.5 Å². The number of rotatable bonds is 5. The highest BCUT2D eigenvalue weighted by Gasteiger charge is 2.13. The van der Waals surface area contributed by atoms with Crippen molar-refractivity contribution in [1.29, 1.82) is 0 Å². The fourth-order valence-electron chi connectivity index (χ4n) is 2.22. The minimum atomic E-state index is 0.249. The van der Waals surface area contributed by atoms with E-state index in [1.165, 1.54) is 0 Å². The fraction of sp³-hybridized carbons (Fsp3) is 0.176. The van der Waals surface area contributed by atoms with Gasteiger partial charge in [-0.1, -0.05) is 30.3 Å². The van der Waals surface area contributed by atoms with E-state index in [0.717, 1.165) is 24.0 Å². The first kappa shape index (κ1) is 13.2. The molecule has 0 saturated heterocycles. The number of hydrogen-bond acceptors (Lipinski definition) is 2. The van der Waals surface area contributed by atoms with E-state index in [-0.39, 0.29) is 17.4 Å². The average Bonchev–Trinajstić information content (AvgIpc) is 2.43. The van der Waals surface area contributed by atoms with E-state index in [9.17, 15) is 10.2 Å². The van der Waals surface area contributed by atoms with E-state index in [1.807, 2.05) is 30.3 Å². The molecule has 2 N–H and O–H groups in total. The minimum absolute atomic E-state index is 0.249. The summed E-state index contributed by atoms with van der Waals surface area (Å²) in [5.41, 5.74) is 2.32. The minimum Gasteiger partial charge on any atom is -0.508 e. The Morgan fingerprint density at radius 2 is 1.26 bits per heavy atom. The average molecular weight is 254 g/mol. The van der Waals surface area contributed by atoms with Gasteiger partial charge in [0.1, 0.15) is 11.5 Å². The molecule has 2 heteroatoms. The molecule has 0 radical (unpaired) electrons. The van der Waals surface area contributed by atoms with Gasteiger partial charge in [-0.2, -0.15) is 0 Å². The van der Waals surface area contributed by atoms with Gasteiger partial charge in [0.25, 0.3) is 0 Å². The van der Waals surface area contributed by atoms with Gasteiger partial charge in [0, 0.05) is 5.92 Å². The number of allylic oxidation sites excluding steroid dienone is 1. The highest BCUT2D eigenvalue weighted by Crippen LogP contribution is 2.31. The molecule has 0 atom stereocenters. The van der Waals surface area contributed by atoms with Crippen LogP contribution in [0.5, 0.6) is 11.5 Å². The van der Waals surface area contributed by atoms with Gasteiger partial charge in [-0.05, 0) is 48.2 Å². The third kappa shape index (κ3) is 3.38. The van der Waals surface area contributed by atoms with Crippen LogP contribution < -0.4 is 0 Å². The third-order valence-electron chi connectivity index (χ3n) is 3.25. The van der Waals surface area contributed by atoms with Gasteiger partial charge in [-0.15, -0.1) is 6.58 Å². The quantitative estimate of drug-likeness (QED) is 0.785. The predicted octanol–water partition coefficient (Wildman–Crippen LogP) is 4.20. The molecule has 0 aliphatic heterocycles. The lowest BCUT2D eigenvalue weighted by atomic mass is 9.87. The van der Waals surface area contributed by atoms with Gasteiger partial charge in [0.2, 0.25) is 0 Å². The molecule has 2 rings (SSSR count). The summed E-state index contributed by atoms with van der Waals surface area (Å²) < 4.78 is 0. The van der Waals surface area contributed by atoms with Gasteiger partial charge in [0.05, 0.1) is 0 Å². The highest BCUT2D eigenvalue weighted by atomic mass is 16.3. The van der Waals surface area contributed by atoms with Gasteiger partial charge in [-0.3, -0.25) is 0 Å². The van der Waals surface area contributed by atoms with E-state index in [1.54, 1.807) is 24.3 Å². The fourth-order valence-corrected chi connectivity index (χ4v) is 2.22. The molecule has 0 amide bonds. The van der Waals surface area contributed by atoms with Crippen LogP contribution in [-0.4, -0.2) is 10.2 Å². The van der Waals surface area contributed by atoms with E-state index < -0.39 is 0 Å². The van der Waals surface area contributed by atoms with Crippen molar-refractivity contribution in [3.63, 3.8) is 0 Å². The summed E-state index contributed by atoms with van der Waals surface area (Å²) in [7, 11) is 0.